The van der Waals surface area contributed by atoms with Gasteiger partial charge >= 0.3 is 0 Å². The Hall–Kier alpha value is -2.54. The number of hydrogen-bond acceptors (Lipinski definition) is 5. The molecule has 1 N–H and O–H groups in total. The second kappa shape index (κ2) is 6.24. The van der Waals surface area contributed by atoms with E-state index >= 15 is 0 Å². The molecule has 7 heteroatoms. The van der Waals surface area contributed by atoms with Crippen LogP contribution in [-0.2, 0) is 14.6 Å². The summed E-state index contributed by atoms with van der Waals surface area (Å²) in [6.07, 6.45) is 0.382. The van der Waals surface area contributed by atoms with E-state index in [1.54, 1.807) is 50.4 Å². The highest BCUT2D eigenvalue weighted by Gasteiger charge is 2.54. The molecule has 4 rings (SSSR count). The lowest BCUT2D eigenvalue weighted by Crippen LogP contribution is -2.63. The molecule has 3 atom stereocenters. The highest BCUT2D eigenvalue weighted by atomic mass is 32.2. The van der Waals surface area contributed by atoms with Gasteiger partial charge in [0.05, 0.1) is 12.0 Å². The summed E-state index contributed by atoms with van der Waals surface area (Å²) in [7, 11) is -2.33. The number of aryl methyl sites for hydroxylation is 2. The van der Waals surface area contributed by atoms with E-state index < -0.39 is 32.6 Å². The average Bonchev–Trinajstić information content (AvgIpc) is 2.62. The summed E-state index contributed by atoms with van der Waals surface area (Å²) in [4.78, 5) is 13.1. The van der Waals surface area contributed by atoms with Crippen molar-refractivity contribution in [2.75, 3.05) is 7.11 Å². The van der Waals surface area contributed by atoms with Crippen molar-refractivity contribution in [2.45, 2.75) is 49.0 Å². The summed E-state index contributed by atoms with van der Waals surface area (Å²) in [5.74, 6) is 0.124. The minimum atomic E-state index is -3.89. The molecule has 1 amide bonds. The molecular weight excluding hydrogens is 378 g/mol. The molecule has 2 aromatic carbocycles. The predicted octanol–water partition coefficient (Wildman–Crippen LogP) is 2.87. The van der Waals surface area contributed by atoms with Crippen LogP contribution in [0.25, 0.3) is 0 Å². The molecule has 0 spiro atoms. The SMILES string of the molecule is COc1ccc2c(c1)O[C@@]1(C)C[C@@H]2[C@H](S(=O)(=O)c2ccc(C)c(C)c2)C(=O)N1. The van der Waals surface area contributed by atoms with E-state index in [-0.39, 0.29) is 4.90 Å². The monoisotopic (exact) mass is 401 g/mol. The largest absolute Gasteiger partial charge is 0.497 e. The molecule has 2 bridgehead atoms. The number of nitrogens with one attached hydrogen (secondary N) is 1. The number of fused-ring (bicyclic) bond motifs is 4. The molecule has 0 radical (unpaired) electrons. The van der Waals surface area contributed by atoms with Crippen molar-refractivity contribution >= 4 is 15.7 Å². The number of ether oxygens (including phenoxy) is 2. The van der Waals surface area contributed by atoms with Gasteiger partial charge in [-0.25, -0.2) is 8.42 Å². The van der Waals surface area contributed by atoms with Gasteiger partial charge < -0.3 is 14.8 Å². The third kappa shape index (κ3) is 2.85. The molecular formula is C21H23NO5S. The minimum absolute atomic E-state index is 0.168. The van der Waals surface area contributed by atoms with E-state index in [4.69, 9.17) is 9.47 Å². The van der Waals surface area contributed by atoms with Crippen LogP contribution in [0, 0.1) is 13.8 Å². The van der Waals surface area contributed by atoms with Crippen molar-refractivity contribution in [3.8, 4) is 11.5 Å². The molecule has 28 heavy (non-hydrogen) atoms. The first-order chi connectivity index (χ1) is 13.1. The quantitative estimate of drug-likeness (QED) is 0.855. The number of methoxy groups -OCH3 is 1. The molecule has 0 unspecified atom stereocenters. The predicted molar refractivity (Wildman–Crippen MR) is 104 cm³/mol. The average molecular weight is 401 g/mol. The van der Waals surface area contributed by atoms with Crippen LogP contribution in [0.3, 0.4) is 0 Å². The van der Waals surface area contributed by atoms with Gasteiger partial charge in [-0.15, -0.1) is 0 Å². The first-order valence-electron chi connectivity index (χ1n) is 9.15. The van der Waals surface area contributed by atoms with Crippen LogP contribution in [-0.4, -0.2) is 32.4 Å². The maximum Gasteiger partial charge on any atom is 0.242 e. The topological polar surface area (TPSA) is 81.7 Å². The number of sulfone groups is 1. The van der Waals surface area contributed by atoms with Gasteiger partial charge in [0.2, 0.25) is 5.91 Å². The van der Waals surface area contributed by atoms with Gasteiger partial charge in [0.1, 0.15) is 11.5 Å². The number of amides is 1. The number of carbonyl (C=O) groups excluding carboxylic acids is 1. The minimum Gasteiger partial charge on any atom is -0.497 e. The molecule has 6 nitrogen and oxygen atoms in total. The fourth-order valence-electron chi connectivity index (χ4n) is 4.11. The molecule has 1 fully saturated rings. The van der Waals surface area contributed by atoms with Crippen molar-refractivity contribution in [2.24, 2.45) is 0 Å². The van der Waals surface area contributed by atoms with Crippen molar-refractivity contribution in [3.63, 3.8) is 0 Å². The van der Waals surface area contributed by atoms with Crippen LogP contribution in [0.5, 0.6) is 11.5 Å². The third-order valence-corrected chi connectivity index (χ3v) is 7.84. The first kappa shape index (κ1) is 18.8. The summed E-state index contributed by atoms with van der Waals surface area (Å²) >= 11 is 0. The lowest BCUT2D eigenvalue weighted by Gasteiger charge is -2.46. The summed E-state index contributed by atoms with van der Waals surface area (Å²) in [6.45, 7) is 5.55. The maximum absolute atomic E-state index is 13.5. The molecule has 0 aromatic heterocycles. The van der Waals surface area contributed by atoms with Gasteiger partial charge in [-0.3, -0.25) is 4.79 Å². The third-order valence-electron chi connectivity index (χ3n) is 5.72. The summed E-state index contributed by atoms with van der Waals surface area (Å²) in [6, 6.07) is 10.3. The van der Waals surface area contributed by atoms with E-state index in [2.05, 4.69) is 5.32 Å². The number of rotatable bonds is 3. The number of hydrogen-bond donors (Lipinski definition) is 1. The molecule has 2 heterocycles. The fourth-order valence-corrected chi connectivity index (χ4v) is 6.01. The van der Waals surface area contributed by atoms with E-state index in [1.165, 1.54) is 0 Å². The van der Waals surface area contributed by atoms with Crippen LogP contribution in [0.4, 0.5) is 0 Å². The van der Waals surface area contributed by atoms with Gasteiger partial charge in [0.25, 0.3) is 0 Å². The van der Waals surface area contributed by atoms with Gasteiger partial charge in [0, 0.05) is 18.4 Å². The molecule has 1 saturated heterocycles. The Bertz CT molecular complexity index is 1080. The fraction of sp³-hybridized carbons (Fsp3) is 0.381. The Kier molecular flexibility index (Phi) is 4.19. The molecule has 0 aliphatic carbocycles. The van der Waals surface area contributed by atoms with Crippen LogP contribution < -0.4 is 14.8 Å². The van der Waals surface area contributed by atoms with Crippen LogP contribution in [0.1, 0.15) is 36.0 Å². The zero-order valence-corrected chi connectivity index (χ0v) is 17.1. The van der Waals surface area contributed by atoms with Crippen molar-refractivity contribution in [3.05, 3.63) is 53.1 Å². The summed E-state index contributed by atoms with van der Waals surface area (Å²) < 4.78 is 38.2. The van der Waals surface area contributed by atoms with Crippen molar-refractivity contribution in [1.82, 2.24) is 5.32 Å². The molecule has 2 aromatic rings. The van der Waals surface area contributed by atoms with Gasteiger partial charge in [-0.05, 0) is 55.7 Å². The van der Waals surface area contributed by atoms with Crippen LogP contribution >= 0.6 is 0 Å². The number of carbonyl (C=O) groups is 1. The highest BCUT2D eigenvalue weighted by Crippen LogP contribution is 2.48. The summed E-state index contributed by atoms with van der Waals surface area (Å²) in [5.41, 5.74) is 1.64. The lowest BCUT2D eigenvalue weighted by molar-refractivity contribution is -0.132. The zero-order chi connectivity index (χ0) is 20.3. The van der Waals surface area contributed by atoms with E-state index in [1.807, 2.05) is 13.8 Å². The number of piperidine rings is 1. The molecule has 0 saturated carbocycles. The maximum atomic E-state index is 13.5. The Balaban J connectivity index is 1.85. The Morgan fingerprint density at radius 1 is 1.14 bits per heavy atom. The van der Waals surface area contributed by atoms with Crippen LogP contribution in [0.2, 0.25) is 0 Å². The molecule has 2 aliphatic heterocycles. The highest BCUT2D eigenvalue weighted by molar-refractivity contribution is 7.92. The molecule has 148 valence electrons. The Labute approximate surface area is 164 Å². The number of benzene rings is 2. The second-order valence-corrected chi connectivity index (χ2v) is 9.82. The van der Waals surface area contributed by atoms with Crippen molar-refractivity contribution < 1.29 is 22.7 Å². The van der Waals surface area contributed by atoms with Crippen LogP contribution in [0.15, 0.2) is 41.3 Å². The normalized spacial score (nSPS) is 26.1. The Morgan fingerprint density at radius 3 is 2.57 bits per heavy atom. The summed E-state index contributed by atoms with van der Waals surface area (Å²) in [5, 5.41) is 1.56. The first-order valence-corrected chi connectivity index (χ1v) is 10.7. The van der Waals surface area contributed by atoms with Crippen molar-refractivity contribution in [1.29, 1.82) is 0 Å². The van der Waals surface area contributed by atoms with Gasteiger partial charge in [-0.2, -0.15) is 0 Å². The molecule has 2 aliphatic rings. The van der Waals surface area contributed by atoms with E-state index in [0.29, 0.717) is 23.5 Å². The van der Waals surface area contributed by atoms with Gasteiger partial charge in [0.15, 0.2) is 20.8 Å². The standard InChI is InChI=1S/C21H23NO5S/c1-12-5-7-15(9-13(12)2)28(24,25)19-17-11-21(3,22-20(19)23)27-18-10-14(26-4)6-8-16(17)18/h5-10,17,19H,11H2,1-4H3,(H,22,23)/t17-,19-,21-/m0/s1. The van der Waals surface area contributed by atoms with E-state index in [0.717, 1.165) is 11.1 Å². The van der Waals surface area contributed by atoms with E-state index in [9.17, 15) is 13.2 Å². The second-order valence-electron chi connectivity index (χ2n) is 7.75. The lowest BCUT2D eigenvalue weighted by atomic mass is 9.81. The smallest absolute Gasteiger partial charge is 0.242 e. The zero-order valence-electron chi connectivity index (χ0n) is 16.3. The Morgan fingerprint density at radius 2 is 1.89 bits per heavy atom. The van der Waals surface area contributed by atoms with Gasteiger partial charge in [-0.1, -0.05) is 12.1 Å².